The lowest BCUT2D eigenvalue weighted by Gasteiger charge is -2.14. The number of hydrogen-bond acceptors (Lipinski definition) is 2. The third-order valence-electron chi connectivity index (χ3n) is 1.79. The van der Waals surface area contributed by atoms with Gasteiger partial charge in [-0.15, -0.1) is 0 Å². The zero-order valence-corrected chi connectivity index (χ0v) is 7.17. The van der Waals surface area contributed by atoms with Crippen molar-refractivity contribution < 1.29 is 13.9 Å². The van der Waals surface area contributed by atoms with E-state index < -0.39 is 23.8 Å². The fourth-order valence-electron chi connectivity index (χ4n) is 1.05. The van der Waals surface area contributed by atoms with Gasteiger partial charge in [0.1, 0.15) is 11.6 Å². The monoisotopic (exact) mass is 187 g/mol. The van der Waals surface area contributed by atoms with Crippen LogP contribution in [-0.2, 0) is 0 Å². The lowest BCUT2D eigenvalue weighted by molar-refractivity contribution is 0.164. The molecule has 2 nitrogen and oxygen atoms in total. The van der Waals surface area contributed by atoms with E-state index in [4.69, 9.17) is 10.8 Å². The number of benzene rings is 1. The summed E-state index contributed by atoms with van der Waals surface area (Å²) in [6.45, 7) is 1.47. The van der Waals surface area contributed by atoms with Gasteiger partial charge in [0.25, 0.3) is 0 Å². The normalized spacial score (nSPS) is 15.5. The number of rotatable bonds is 2. The summed E-state index contributed by atoms with van der Waals surface area (Å²) in [7, 11) is 0. The van der Waals surface area contributed by atoms with Crippen molar-refractivity contribution >= 4 is 0 Å². The van der Waals surface area contributed by atoms with Gasteiger partial charge in [-0.25, -0.2) is 8.78 Å². The molecule has 0 saturated carbocycles. The van der Waals surface area contributed by atoms with Crippen molar-refractivity contribution in [3.05, 3.63) is 35.4 Å². The fraction of sp³-hybridized carbons (Fsp3) is 0.333. The van der Waals surface area contributed by atoms with Crippen LogP contribution in [0.5, 0.6) is 0 Å². The molecule has 0 aliphatic heterocycles. The lowest BCUT2D eigenvalue weighted by Crippen LogP contribution is -2.23. The Labute approximate surface area is 75.0 Å². The van der Waals surface area contributed by atoms with Crippen LogP contribution in [0.25, 0.3) is 0 Å². The van der Waals surface area contributed by atoms with Gasteiger partial charge in [0.15, 0.2) is 0 Å². The summed E-state index contributed by atoms with van der Waals surface area (Å²) < 4.78 is 25.3. The third-order valence-corrected chi connectivity index (χ3v) is 1.79. The Kier molecular flexibility index (Phi) is 2.95. The molecule has 0 saturated heterocycles. The first-order valence-corrected chi connectivity index (χ1v) is 3.90. The highest BCUT2D eigenvalue weighted by molar-refractivity contribution is 5.21. The third kappa shape index (κ3) is 2.47. The first kappa shape index (κ1) is 10.1. The van der Waals surface area contributed by atoms with Crippen LogP contribution >= 0.6 is 0 Å². The van der Waals surface area contributed by atoms with Crippen LogP contribution in [0.1, 0.15) is 18.5 Å². The maximum absolute atomic E-state index is 12.7. The highest BCUT2D eigenvalue weighted by atomic mass is 19.1. The van der Waals surface area contributed by atoms with Gasteiger partial charge in [-0.3, -0.25) is 0 Å². The summed E-state index contributed by atoms with van der Waals surface area (Å²) in [4.78, 5) is 0. The van der Waals surface area contributed by atoms with E-state index in [0.29, 0.717) is 0 Å². The van der Waals surface area contributed by atoms with Gasteiger partial charge in [0.05, 0.1) is 12.1 Å². The van der Waals surface area contributed by atoms with E-state index in [9.17, 15) is 8.78 Å². The van der Waals surface area contributed by atoms with Gasteiger partial charge in [-0.1, -0.05) is 0 Å². The van der Waals surface area contributed by atoms with Gasteiger partial charge in [-0.2, -0.15) is 0 Å². The standard InChI is InChI=1S/C9H11F2NO/c1-5(13)9(12)6-2-7(10)4-8(11)3-6/h2-5,9,13H,12H2,1H3/t5-,9-/m1/s1. The Hall–Kier alpha value is -1.00. The number of aliphatic hydroxyl groups is 1. The van der Waals surface area contributed by atoms with Gasteiger partial charge in [0, 0.05) is 6.07 Å². The molecule has 13 heavy (non-hydrogen) atoms. The van der Waals surface area contributed by atoms with Crippen LogP contribution in [-0.4, -0.2) is 11.2 Å². The second-order valence-corrected chi connectivity index (χ2v) is 2.97. The Bertz CT molecular complexity index is 281. The first-order valence-electron chi connectivity index (χ1n) is 3.90. The molecule has 2 atom stereocenters. The molecule has 1 aromatic rings. The van der Waals surface area contributed by atoms with Crippen LogP contribution < -0.4 is 5.73 Å². The molecule has 0 spiro atoms. The number of nitrogens with two attached hydrogens (primary N) is 1. The van der Waals surface area contributed by atoms with E-state index in [0.717, 1.165) is 18.2 Å². The summed E-state index contributed by atoms with van der Waals surface area (Å²) in [6, 6.07) is 2.23. The summed E-state index contributed by atoms with van der Waals surface area (Å²) in [6.07, 6.45) is -0.832. The van der Waals surface area contributed by atoms with Crippen LogP contribution in [0.4, 0.5) is 8.78 Å². The van der Waals surface area contributed by atoms with Crippen molar-refractivity contribution in [1.29, 1.82) is 0 Å². The lowest BCUT2D eigenvalue weighted by atomic mass is 10.0. The maximum atomic E-state index is 12.7. The molecule has 0 radical (unpaired) electrons. The van der Waals surface area contributed by atoms with Crippen molar-refractivity contribution in [3.63, 3.8) is 0 Å². The largest absolute Gasteiger partial charge is 0.391 e. The first-order chi connectivity index (χ1) is 6.00. The van der Waals surface area contributed by atoms with Crippen molar-refractivity contribution in [2.45, 2.75) is 19.1 Å². The second-order valence-electron chi connectivity index (χ2n) is 2.97. The average Bonchev–Trinajstić information content (AvgIpc) is 2.01. The molecule has 0 heterocycles. The molecule has 3 N–H and O–H groups in total. The molecule has 0 aliphatic rings. The molecule has 0 unspecified atom stereocenters. The number of aliphatic hydroxyl groups excluding tert-OH is 1. The molecule has 0 aliphatic carbocycles. The van der Waals surface area contributed by atoms with E-state index in [1.54, 1.807) is 0 Å². The smallest absolute Gasteiger partial charge is 0.126 e. The Balaban J connectivity index is 3.01. The second kappa shape index (κ2) is 3.81. The quantitative estimate of drug-likeness (QED) is 0.734. The molecule has 72 valence electrons. The van der Waals surface area contributed by atoms with Crippen molar-refractivity contribution in [3.8, 4) is 0 Å². The maximum Gasteiger partial charge on any atom is 0.126 e. The summed E-state index contributed by atoms with van der Waals surface area (Å²) in [5.74, 6) is -1.38. The topological polar surface area (TPSA) is 46.2 Å². The number of halogens is 2. The average molecular weight is 187 g/mol. The molecular formula is C9H11F2NO. The predicted molar refractivity (Wildman–Crippen MR) is 45.0 cm³/mol. The zero-order valence-electron chi connectivity index (χ0n) is 7.17. The minimum Gasteiger partial charge on any atom is -0.391 e. The minimum absolute atomic E-state index is 0.257. The van der Waals surface area contributed by atoms with Crippen molar-refractivity contribution in [1.82, 2.24) is 0 Å². The van der Waals surface area contributed by atoms with E-state index in [1.807, 2.05) is 0 Å². The molecule has 0 bridgehead atoms. The molecule has 0 fully saturated rings. The molecular weight excluding hydrogens is 176 g/mol. The van der Waals surface area contributed by atoms with Crippen LogP contribution in [0.3, 0.4) is 0 Å². The fourth-order valence-corrected chi connectivity index (χ4v) is 1.05. The molecule has 1 rings (SSSR count). The number of hydrogen-bond donors (Lipinski definition) is 2. The van der Waals surface area contributed by atoms with Gasteiger partial charge < -0.3 is 10.8 Å². The van der Waals surface area contributed by atoms with E-state index >= 15 is 0 Å². The van der Waals surface area contributed by atoms with Crippen LogP contribution in [0, 0.1) is 11.6 Å². The highest BCUT2D eigenvalue weighted by Gasteiger charge is 2.13. The summed E-state index contributed by atoms with van der Waals surface area (Å²) >= 11 is 0. The Morgan fingerprint density at radius 1 is 1.23 bits per heavy atom. The Morgan fingerprint density at radius 3 is 2.08 bits per heavy atom. The van der Waals surface area contributed by atoms with E-state index in [2.05, 4.69) is 0 Å². The molecule has 1 aromatic carbocycles. The van der Waals surface area contributed by atoms with Crippen LogP contribution in [0.15, 0.2) is 18.2 Å². The molecule has 0 amide bonds. The van der Waals surface area contributed by atoms with Gasteiger partial charge in [-0.05, 0) is 24.6 Å². The highest BCUT2D eigenvalue weighted by Crippen LogP contribution is 2.16. The Morgan fingerprint density at radius 2 is 1.69 bits per heavy atom. The van der Waals surface area contributed by atoms with E-state index in [1.165, 1.54) is 6.92 Å². The van der Waals surface area contributed by atoms with Crippen molar-refractivity contribution in [2.75, 3.05) is 0 Å². The van der Waals surface area contributed by atoms with E-state index in [-0.39, 0.29) is 5.56 Å². The van der Waals surface area contributed by atoms with Crippen molar-refractivity contribution in [2.24, 2.45) is 5.73 Å². The zero-order chi connectivity index (χ0) is 10.0. The SMILES string of the molecule is C[C@@H](O)[C@@H](N)c1cc(F)cc(F)c1. The minimum atomic E-state index is -0.832. The molecule has 4 heteroatoms. The summed E-state index contributed by atoms with van der Waals surface area (Å²) in [5, 5.41) is 9.09. The van der Waals surface area contributed by atoms with Gasteiger partial charge in [0.2, 0.25) is 0 Å². The predicted octanol–water partition coefficient (Wildman–Crippen LogP) is 1.35. The molecule has 0 aromatic heterocycles. The van der Waals surface area contributed by atoms with Gasteiger partial charge >= 0.3 is 0 Å². The van der Waals surface area contributed by atoms with Crippen LogP contribution in [0.2, 0.25) is 0 Å². The summed E-state index contributed by atoms with van der Waals surface area (Å²) in [5.41, 5.74) is 5.75.